The highest BCUT2D eigenvalue weighted by Crippen LogP contribution is 2.18. The maximum Gasteiger partial charge on any atom is 0.322 e. The number of carbonyl (C=O) groups is 3. The Kier molecular flexibility index (Phi) is 7.37. The smallest absolute Gasteiger partial charge is 0.322 e. The van der Waals surface area contributed by atoms with Crippen molar-refractivity contribution in [2.24, 2.45) is 4.99 Å². The van der Waals surface area contributed by atoms with Crippen molar-refractivity contribution in [2.45, 2.75) is 6.42 Å². The maximum atomic E-state index is 12.4. The topological polar surface area (TPSA) is 105 Å². The van der Waals surface area contributed by atoms with Crippen LogP contribution in [0.25, 0.3) is 0 Å². The summed E-state index contributed by atoms with van der Waals surface area (Å²) in [5, 5.41) is 13.0. The summed E-state index contributed by atoms with van der Waals surface area (Å²) in [5.41, 5.74) is 1.63. The zero-order chi connectivity index (χ0) is 19.6. The second-order valence-electron chi connectivity index (χ2n) is 5.37. The molecule has 0 saturated heterocycles. The normalized spacial score (nSPS) is 9.78. The molecule has 0 unspecified atom stereocenters. The molecule has 0 spiro atoms. The molecule has 27 heavy (non-hydrogen) atoms. The zero-order valence-electron chi connectivity index (χ0n) is 14.2. The second kappa shape index (κ2) is 9.96. The number of amides is 1. The van der Waals surface area contributed by atoms with Gasteiger partial charge in [0.1, 0.15) is 12.3 Å². The molecule has 1 amide bonds. The van der Waals surface area contributed by atoms with Crippen LogP contribution in [0.1, 0.15) is 22.3 Å². The molecular formula is C19H16N2O5S. The SMILES string of the molecule is O=C(O)CNC(=O)CCOc1ccc(C(=O)c2ccc(N=C=S)cc2)cc1. The lowest BCUT2D eigenvalue weighted by molar-refractivity contribution is -0.138. The Labute approximate surface area is 160 Å². The van der Waals surface area contributed by atoms with Crippen molar-refractivity contribution in [3.05, 3.63) is 59.7 Å². The Morgan fingerprint density at radius 3 is 2.19 bits per heavy atom. The third-order valence-electron chi connectivity index (χ3n) is 3.46. The van der Waals surface area contributed by atoms with Crippen molar-refractivity contribution >= 4 is 40.7 Å². The number of thiocarbonyl (C=S) groups is 1. The van der Waals surface area contributed by atoms with E-state index in [2.05, 4.69) is 27.7 Å². The minimum atomic E-state index is -1.11. The van der Waals surface area contributed by atoms with Gasteiger partial charge in [-0.2, -0.15) is 4.99 Å². The predicted octanol–water partition coefficient (Wildman–Crippen LogP) is 2.62. The van der Waals surface area contributed by atoms with Crippen LogP contribution in [0.15, 0.2) is 53.5 Å². The van der Waals surface area contributed by atoms with E-state index >= 15 is 0 Å². The summed E-state index contributed by atoms with van der Waals surface area (Å²) in [6.45, 7) is -0.324. The lowest BCUT2D eigenvalue weighted by atomic mass is 10.0. The monoisotopic (exact) mass is 384 g/mol. The van der Waals surface area contributed by atoms with Gasteiger partial charge in [0.05, 0.1) is 23.9 Å². The van der Waals surface area contributed by atoms with Crippen molar-refractivity contribution in [3.63, 3.8) is 0 Å². The summed E-state index contributed by atoms with van der Waals surface area (Å²) in [6, 6.07) is 13.2. The van der Waals surface area contributed by atoms with Crippen LogP contribution in [0.3, 0.4) is 0 Å². The van der Waals surface area contributed by atoms with Crippen molar-refractivity contribution < 1.29 is 24.2 Å². The van der Waals surface area contributed by atoms with E-state index < -0.39 is 18.4 Å². The first-order chi connectivity index (χ1) is 13.0. The second-order valence-corrected chi connectivity index (χ2v) is 5.55. The molecule has 0 atom stereocenters. The average molecular weight is 384 g/mol. The highest BCUT2D eigenvalue weighted by atomic mass is 32.1. The molecular weight excluding hydrogens is 368 g/mol. The first-order valence-corrected chi connectivity index (χ1v) is 8.34. The van der Waals surface area contributed by atoms with Gasteiger partial charge in [-0.05, 0) is 60.7 Å². The number of carboxylic acids is 1. The molecule has 0 aromatic heterocycles. The van der Waals surface area contributed by atoms with E-state index in [1.54, 1.807) is 48.5 Å². The number of aliphatic carboxylic acids is 1. The Bertz CT molecular complexity index is 872. The molecule has 2 N–H and O–H groups in total. The highest BCUT2D eigenvalue weighted by molar-refractivity contribution is 7.78. The predicted molar refractivity (Wildman–Crippen MR) is 102 cm³/mol. The Morgan fingerprint density at radius 2 is 1.63 bits per heavy atom. The summed E-state index contributed by atoms with van der Waals surface area (Å²) < 4.78 is 5.42. The van der Waals surface area contributed by atoms with Crippen molar-refractivity contribution in [1.29, 1.82) is 0 Å². The molecule has 2 rings (SSSR count). The van der Waals surface area contributed by atoms with Crippen molar-refractivity contribution in [1.82, 2.24) is 5.32 Å². The maximum absolute atomic E-state index is 12.4. The summed E-state index contributed by atoms with van der Waals surface area (Å²) in [4.78, 5) is 38.0. The van der Waals surface area contributed by atoms with Gasteiger partial charge < -0.3 is 15.2 Å². The van der Waals surface area contributed by atoms with Gasteiger partial charge in [-0.15, -0.1) is 0 Å². The van der Waals surface area contributed by atoms with Crippen LogP contribution in [-0.2, 0) is 9.59 Å². The van der Waals surface area contributed by atoms with Gasteiger partial charge in [0, 0.05) is 11.1 Å². The van der Waals surface area contributed by atoms with Crippen LogP contribution >= 0.6 is 12.2 Å². The summed E-state index contributed by atoms with van der Waals surface area (Å²) in [7, 11) is 0. The lowest BCUT2D eigenvalue weighted by Gasteiger charge is -2.07. The fourth-order valence-corrected chi connectivity index (χ4v) is 2.24. The molecule has 2 aromatic carbocycles. The number of nitrogens with one attached hydrogen (secondary N) is 1. The van der Waals surface area contributed by atoms with Gasteiger partial charge in [0.15, 0.2) is 5.78 Å². The Hall–Kier alpha value is -3.35. The van der Waals surface area contributed by atoms with E-state index in [9.17, 15) is 14.4 Å². The van der Waals surface area contributed by atoms with Crippen molar-refractivity contribution in [3.8, 4) is 5.75 Å². The van der Waals surface area contributed by atoms with Gasteiger partial charge in [0.25, 0.3) is 0 Å². The molecule has 0 bridgehead atoms. The fourth-order valence-electron chi connectivity index (χ4n) is 2.13. The third kappa shape index (κ3) is 6.47. The van der Waals surface area contributed by atoms with Crippen LogP contribution < -0.4 is 10.1 Å². The molecule has 7 nitrogen and oxygen atoms in total. The molecule has 0 aliphatic carbocycles. The van der Waals surface area contributed by atoms with Crippen LogP contribution in [0.5, 0.6) is 5.75 Å². The quantitative estimate of drug-likeness (QED) is 0.391. The van der Waals surface area contributed by atoms with Crippen molar-refractivity contribution in [2.75, 3.05) is 13.2 Å². The average Bonchev–Trinajstić information content (AvgIpc) is 2.67. The van der Waals surface area contributed by atoms with E-state index in [0.717, 1.165) is 0 Å². The number of hydrogen-bond acceptors (Lipinski definition) is 6. The van der Waals surface area contributed by atoms with Crippen LogP contribution in [0, 0.1) is 0 Å². The van der Waals surface area contributed by atoms with E-state index in [4.69, 9.17) is 9.84 Å². The minimum absolute atomic E-state index is 0.0323. The minimum Gasteiger partial charge on any atom is -0.493 e. The van der Waals surface area contributed by atoms with Gasteiger partial charge in [-0.1, -0.05) is 0 Å². The van der Waals surface area contributed by atoms with E-state index in [0.29, 0.717) is 22.6 Å². The van der Waals surface area contributed by atoms with Crippen LogP contribution in [0.2, 0.25) is 0 Å². The van der Waals surface area contributed by atoms with E-state index in [1.807, 2.05) is 0 Å². The number of ether oxygens (including phenoxy) is 1. The lowest BCUT2D eigenvalue weighted by Crippen LogP contribution is -2.30. The highest BCUT2D eigenvalue weighted by Gasteiger charge is 2.09. The molecule has 0 radical (unpaired) electrons. The third-order valence-corrected chi connectivity index (χ3v) is 3.55. The molecule has 0 fully saturated rings. The van der Waals surface area contributed by atoms with Gasteiger partial charge >= 0.3 is 5.97 Å². The number of aliphatic imine (C=N–C) groups is 1. The molecule has 0 heterocycles. The van der Waals surface area contributed by atoms with E-state index in [1.165, 1.54) is 0 Å². The first kappa shape index (κ1) is 20.0. The number of isothiocyanates is 1. The number of carboxylic acid groups (broad SMARTS) is 1. The number of nitrogens with zero attached hydrogens (tertiary/aromatic N) is 1. The summed E-state index contributed by atoms with van der Waals surface area (Å²) >= 11 is 4.53. The number of rotatable bonds is 9. The standard InChI is InChI=1S/C19H16N2O5S/c22-17(20-11-18(23)24)9-10-26-16-7-3-14(4-8-16)19(25)13-1-5-15(6-2-13)21-12-27/h1-8H,9-11H2,(H,20,22)(H,23,24). The number of ketones is 1. The number of hydrogen-bond donors (Lipinski definition) is 2. The summed E-state index contributed by atoms with van der Waals surface area (Å²) in [5.74, 6) is -1.16. The molecule has 2 aromatic rings. The van der Waals surface area contributed by atoms with Gasteiger partial charge in [-0.25, -0.2) is 0 Å². The van der Waals surface area contributed by atoms with E-state index in [-0.39, 0.29) is 18.8 Å². The Balaban J connectivity index is 1.88. The molecule has 0 aliphatic rings. The largest absolute Gasteiger partial charge is 0.493 e. The molecule has 8 heteroatoms. The number of benzene rings is 2. The van der Waals surface area contributed by atoms with Crippen LogP contribution in [-0.4, -0.2) is 41.1 Å². The van der Waals surface area contributed by atoms with Gasteiger partial charge in [0.2, 0.25) is 5.91 Å². The fraction of sp³-hybridized carbons (Fsp3) is 0.158. The number of carbonyl (C=O) groups excluding carboxylic acids is 2. The molecule has 0 aliphatic heterocycles. The zero-order valence-corrected chi connectivity index (χ0v) is 15.0. The van der Waals surface area contributed by atoms with Crippen LogP contribution in [0.4, 0.5) is 5.69 Å². The first-order valence-electron chi connectivity index (χ1n) is 7.93. The molecule has 0 saturated carbocycles. The Morgan fingerprint density at radius 1 is 1.04 bits per heavy atom. The molecule has 138 valence electrons. The summed E-state index contributed by atoms with van der Waals surface area (Å²) in [6.07, 6.45) is 0.0323. The van der Waals surface area contributed by atoms with Gasteiger partial charge in [-0.3, -0.25) is 14.4 Å².